The third-order valence-corrected chi connectivity index (χ3v) is 3.99. The van der Waals surface area contributed by atoms with Gasteiger partial charge in [-0.25, -0.2) is 0 Å². The summed E-state index contributed by atoms with van der Waals surface area (Å²) in [6, 6.07) is 25.3. The zero-order valence-electron chi connectivity index (χ0n) is 13.9. The Morgan fingerprint density at radius 2 is 1.56 bits per heavy atom. The maximum Gasteiger partial charge on any atom is 0.119 e. The summed E-state index contributed by atoms with van der Waals surface area (Å²) in [6.45, 7) is 0. The summed E-state index contributed by atoms with van der Waals surface area (Å²) < 4.78 is 5.21. The smallest absolute Gasteiger partial charge is 0.119 e. The van der Waals surface area contributed by atoms with Crippen LogP contribution in [0.4, 0.5) is 5.69 Å². The first-order valence-electron chi connectivity index (χ1n) is 7.97. The Bertz CT molecular complexity index is 862. The third-order valence-electron chi connectivity index (χ3n) is 3.74. The van der Waals surface area contributed by atoms with Crippen molar-refractivity contribution < 1.29 is 4.74 Å². The van der Waals surface area contributed by atoms with Crippen molar-refractivity contribution in [1.82, 2.24) is 0 Å². The summed E-state index contributed by atoms with van der Waals surface area (Å²) in [6.07, 6.45) is 0. The molecule has 0 heterocycles. The van der Waals surface area contributed by atoms with Gasteiger partial charge in [-0.05, 0) is 54.1 Å². The van der Waals surface area contributed by atoms with Gasteiger partial charge in [0.2, 0.25) is 0 Å². The van der Waals surface area contributed by atoms with Crippen molar-refractivity contribution in [2.45, 2.75) is 6.04 Å². The van der Waals surface area contributed by atoms with Gasteiger partial charge >= 0.3 is 0 Å². The van der Waals surface area contributed by atoms with E-state index in [4.69, 9.17) is 16.3 Å². The predicted molar refractivity (Wildman–Crippen MR) is 104 cm³/mol. The van der Waals surface area contributed by atoms with E-state index in [9.17, 15) is 0 Å². The Morgan fingerprint density at radius 1 is 0.880 bits per heavy atom. The molecule has 0 saturated heterocycles. The lowest BCUT2D eigenvalue weighted by molar-refractivity contribution is 0.415. The lowest BCUT2D eigenvalue weighted by Crippen LogP contribution is -2.08. The number of rotatable bonds is 4. The molecular formula is C22H18ClNO. The summed E-state index contributed by atoms with van der Waals surface area (Å²) in [5, 5.41) is 4.18. The molecular weight excluding hydrogens is 330 g/mol. The number of anilines is 1. The highest BCUT2D eigenvalue weighted by atomic mass is 35.5. The number of methoxy groups -OCH3 is 1. The van der Waals surface area contributed by atoms with Crippen LogP contribution in [0.3, 0.4) is 0 Å². The van der Waals surface area contributed by atoms with E-state index in [2.05, 4.69) is 17.2 Å². The third kappa shape index (κ3) is 4.79. The molecule has 0 amide bonds. The highest BCUT2D eigenvalue weighted by molar-refractivity contribution is 6.30. The van der Waals surface area contributed by atoms with E-state index in [-0.39, 0.29) is 6.04 Å². The number of ether oxygens (including phenoxy) is 1. The van der Waals surface area contributed by atoms with Gasteiger partial charge in [-0.1, -0.05) is 53.8 Å². The Labute approximate surface area is 153 Å². The first kappa shape index (κ1) is 17.0. The minimum atomic E-state index is -0.147. The van der Waals surface area contributed by atoms with Crippen molar-refractivity contribution in [2.75, 3.05) is 12.4 Å². The van der Waals surface area contributed by atoms with Gasteiger partial charge in [0, 0.05) is 16.3 Å². The topological polar surface area (TPSA) is 21.3 Å². The summed E-state index contributed by atoms with van der Waals surface area (Å²) >= 11 is 6.01. The van der Waals surface area contributed by atoms with Crippen LogP contribution in [-0.2, 0) is 0 Å². The lowest BCUT2D eigenvalue weighted by Gasteiger charge is -2.15. The fourth-order valence-corrected chi connectivity index (χ4v) is 2.51. The number of hydrogen-bond donors (Lipinski definition) is 1. The van der Waals surface area contributed by atoms with E-state index in [1.807, 2.05) is 78.9 Å². The Kier molecular flexibility index (Phi) is 5.61. The Morgan fingerprint density at radius 3 is 2.20 bits per heavy atom. The minimum absolute atomic E-state index is 0.147. The van der Waals surface area contributed by atoms with E-state index in [1.165, 1.54) is 0 Å². The van der Waals surface area contributed by atoms with Gasteiger partial charge in [-0.3, -0.25) is 0 Å². The van der Waals surface area contributed by atoms with Crippen molar-refractivity contribution >= 4 is 17.3 Å². The summed E-state index contributed by atoms with van der Waals surface area (Å²) in [4.78, 5) is 0. The molecule has 3 aromatic rings. The number of halogens is 1. The van der Waals surface area contributed by atoms with Crippen LogP contribution in [0, 0.1) is 11.8 Å². The molecule has 2 nitrogen and oxygen atoms in total. The van der Waals surface area contributed by atoms with Crippen LogP contribution in [0.5, 0.6) is 5.75 Å². The molecule has 0 spiro atoms. The number of hydrogen-bond acceptors (Lipinski definition) is 2. The Hall–Kier alpha value is -2.89. The van der Waals surface area contributed by atoms with Crippen molar-refractivity contribution in [3.63, 3.8) is 0 Å². The van der Waals surface area contributed by atoms with Crippen LogP contribution in [0.2, 0.25) is 5.02 Å². The quantitative estimate of drug-likeness (QED) is 0.624. The number of nitrogens with one attached hydrogen (secondary N) is 1. The van der Waals surface area contributed by atoms with E-state index < -0.39 is 0 Å². The second kappa shape index (κ2) is 8.28. The van der Waals surface area contributed by atoms with E-state index >= 15 is 0 Å². The van der Waals surface area contributed by atoms with Crippen molar-refractivity contribution in [3.05, 3.63) is 95.0 Å². The summed E-state index contributed by atoms with van der Waals surface area (Å²) in [7, 11) is 1.66. The van der Waals surface area contributed by atoms with Gasteiger partial charge in [0.25, 0.3) is 0 Å². The van der Waals surface area contributed by atoms with Crippen LogP contribution >= 0.6 is 11.6 Å². The molecule has 0 aliphatic rings. The standard InChI is InChI=1S/C22H18ClNO/c1-25-21-14-12-20(13-15-21)24-22(18-8-10-19(23)11-9-18)16-7-17-5-3-2-4-6-17/h2-6,8-15,22,24H,1H3/t22-/m0/s1. The van der Waals surface area contributed by atoms with Crippen LogP contribution in [0.1, 0.15) is 17.2 Å². The van der Waals surface area contributed by atoms with E-state index in [0.29, 0.717) is 5.02 Å². The van der Waals surface area contributed by atoms with Crippen molar-refractivity contribution in [1.29, 1.82) is 0 Å². The van der Waals surface area contributed by atoms with E-state index in [0.717, 1.165) is 22.6 Å². The average Bonchev–Trinajstić information content (AvgIpc) is 2.67. The van der Waals surface area contributed by atoms with E-state index in [1.54, 1.807) is 7.11 Å². The molecule has 0 fully saturated rings. The maximum atomic E-state index is 6.01. The van der Waals surface area contributed by atoms with Crippen LogP contribution in [0.25, 0.3) is 0 Å². The van der Waals surface area contributed by atoms with Crippen LogP contribution < -0.4 is 10.1 Å². The molecule has 0 bridgehead atoms. The van der Waals surface area contributed by atoms with Gasteiger partial charge in [0.15, 0.2) is 0 Å². The molecule has 1 atom stereocenters. The zero-order chi connectivity index (χ0) is 17.5. The SMILES string of the molecule is COc1ccc(N[C@@H](C#Cc2ccccc2)c2ccc(Cl)cc2)cc1. The first-order valence-corrected chi connectivity index (χ1v) is 8.35. The van der Waals surface area contributed by atoms with Gasteiger partial charge in [-0.15, -0.1) is 0 Å². The molecule has 0 radical (unpaired) electrons. The summed E-state index contributed by atoms with van der Waals surface area (Å²) in [5.74, 6) is 7.37. The van der Waals surface area contributed by atoms with Crippen molar-refractivity contribution in [2.24, 2.45) is 0 Å². The monoisotopic (exact) mass is 347 g/mol. The lowest BCUT2D eigenvalue weighted by atomic mass is 10.1. The molecule has 0 saturated carbocycles. The second-order valence-corrected chi connectivity index (χ2v) is 5.93. The van der Waals surface area contributed by atoms with Crippen molar-refractivity contribution in [3.8, 4) is 17.6 Å². The molecule has 25 heavy (non-hydrogen) atoms. The number of benzene rings is 3. The minimum Gasteiger partial charge on any atom is -0.497 e. The highest BCUT2D eigenvalue weighted by Crippen LogP contribution is 2.23. The molecule has 0 aromatic heterocycles. The van der Waals surface area contributed by atoms with Gasteiger partial charge in [0.05, 0.1) is 7.11 Å². The second-order valence-electron chi connectivity index (χ2n) is 5.49. The molecule has 3 rings (SSSR count). The fourth-order valence-electron chi connectivity index (χ4n) is 2.39. The normalized spacial score (nSPS) is 11.1. The molecule has 0 unspecified atom stereocenters. The summed E-state index contributed by atoms with van der Waals surface area (Å²) in [5.41, 5.74) is 3.02. The first-order chi connectivity index (χ1) is 12.2. The molecule has 3 aromatic carbocycles. The van der Waals surface area contributed by atoms with Gasteiger partial charge in [-0.2, -0.15) is 0 Å². The Balaban J connectivity index is 1.88. The molecule has 1 N–H and O–H groups in total. The van der Waals surface area contributed by atoms with Gasteiger partial charge < -0.3 is 10.1 Å². The maximum absolute atomic E-state index is 6.01. The predicted octanol–water partition coefficient (Wildman–Crippen LogP) is 5.55. The average molecular weight is 348 g/mol. The van der Waals surface area contributed by atoms with Gasteiger partial charge in [0.1, 0.15) is 11.8 Å². The molecule has 3 heteroatoms. The fraction of sp³-hybridized carbons (Fsp3) is 0.0909. The van der Waals surface area contributed by atoms with Crippen LogP contribution in [-0.4, -0.2) is 7.11 Å². The zero-order valence-corrected chi connectivity index (χ0v) is 14.6. The molecule has 0 aliphatic carbocycles. The highest BCUT2D eigenvalue weighted by Gasteiger charge is 2.08. The molecule has 0 aliphatic heterocycles. The largest absolute Gasteiger partial charge is 0.497 e. The van der Waals surface area contributed by atoms with Crippen LogP contribution in [0.15, 0.2) is 78.9 Å². The molecule has 124 valence electrons.